The van der Waals surface area contributed by atoms with Crippen LogP contribution in [0.5, 0.6) is 0 Å². The van der Waals surface area contributed by atoms with Crippen LogP contribution in [0.4, 0.5) is 0 Å². The molecule has 0 spiro atoms. The van der Waals surface area contributed by atoms with E-state index < -0.39 is 11.8 Å². The van der Waals surface area contributed by atoms with E-state index in [4.69, 9.17) is 0 Å². The van der Waals surface area contributed by atoms with E-state index in [2.05, 4.69) is 10.6 Å². The van der Waals surface area contributed by atoms with Gasteiger partial charge >= 0.3 is 0 Å². The first-order valence-electron chi connectivity index (χ1n) is 5.40. The number of nitrogens with zero attached hydrogens (tertiary/aromatic N) is 1. The molecule has 2 heterocycles. The number of nitrogens with one attached hydrogen (secondary N) is 2. The van der Waals surface area contributed by atoms with Crippen LogP contribution < -0.4 is 10.6 Å². The number of amides is 3. The van der Waals surface area contributed by atoms with E-state index in [1.165, 1.54) is 4.90 Å². The maximum atomic E-state index is 12.1. The van der Waals surface area contributed by atoms with Gasteiger partial charge < -0.3 is 10.2 Å². The molecule has 0 saturated carbocycles. The summed E-state index contributed by atoms with van der Waals surface area (Å²) in [4.78, 5) is 35.7. The van der Waals surface area contributed by atoms with Crippen LogP contribution >= 0.6 is 0 Å². The second-order valence-electron chi connectivity index (χ2n) is 4.41. The number of carbonyl (C=O) groups is 3. The summed E-state index contributed by atoms with van der Waals surface area (Å²) in [5.41, 5.74) is 0. The summed E-state index contributed by atoms with van der Waals surface area (Å²) in [6.07, 6.45) is 0. The van der Waals surface area contributed by atoms with Crippen molar-refractivity contribution in [3.05, 3.63) is 0 Å². The Labute approximate surface area is 93.4 Å². The molecule has 6 nitrogen and oxygen atoms in total. The largest absolute Gasteiger partial charge is 0.324 e. The highest BCUT2D eigenvalue weighted by atomic mass is 16.2. The molecule has 0 aromatic rings. The summed E-state index contributed by atoms with van der Waals surface area (Å²) in [5.74, 6) is -0.751. The zero-order valence-electron chi connectivity index (χ0n) is 9.16. The number of imide groups is 1. The molecule has 0 aromatic carbocycles. The summed E-state index contributed by atoms with van der Waals surface area (Å²) in [6.45, 7) is 3.42. The lowest BCUT2D eigenvalue weighted by molar-refractivity contribution is -0.147. The van der Waals surface area contributed by atoms with Crippen molar-refractivity contribution in [2.75, 3.05) is 26.2 Å². The minimum Gasteiger partial charge on any atom is -0.324 e. The Morgan fingerprint density at radius 1 is 1.25 bits per heavy atom. The van der Waals surface area contributed by atoms with Gasteiger partial charge in [-0.25, -0.2) is 0 Å². The Bertz CT molecular complexity index is 326. The fraction of sp³-hybridized carbons (Fsp3) is 0.700. The highest BCUT2D eigenvalue weighted by molar-refractivity contribution is 6.02. The Kier molecular flexibility index (Phi) is 2.91. The van der Waals surface area contributed by atoms with Crippen molar-refractivity contribution < 1.29 is 14.4 Å². The van der Waals surface area contributed by atoms with Crippen molar-refractivity contribution in [3.8, 4) is 0 Å². The van der Waals surface area contributed by atoms with Gasteiger partial charge in [-0.1, -0.05) is 6.92 Å². The topological polar surface area (TPSA) is 78.5 Å². The summed E-state index contributed by atoms with van der Waals surface area (Å²) >= 11 is 0. The molecule has 16 heavy (non-hydrogen) atoms. The fourth-order valence-corrected chi connectivity index (χ4v) is 2.17. The first-order valence-corrected chi connectivity index (χ1v) is 5.40. The van der Waals surface area contributed by atoms with Crippen molar-refractivity contribution >= 4 is 17.7 Å². The van der Waals surface area contributed by atoms with E-state index in [1.54, 1.807) is 0 Å². The minimum absolute atomic E-state index is 0.00616. The van der Waals surface area contributed by atoms with Gasteiger partial charge in [0.05, 0.1) is 5.92 Å². The predicted molar refractivity (Wildman–Crippen MR) is 55.3 cm³/mol. The van der Waals surface area contributed by atoms with Crippen LogP contribution in [0.25, 0.3) is 0 Å². The summed E-state index contributed by atoms with van der Waals surface area (Å²) in [5, 5.41) is 5.31. The van der Waals surface area contributed by atoms with Crippen molar-refractivity contribution in [2.45, 2.75) is 6.92 Å². The monoisotopic (exact) mass is 225 g/mol. The van der Waals surface area contributed by atoms with Gasteiger partial charge in [0, 0.05) is 6.54 Å². The number of carbonyl (C=O) groups excluding carboxylic acids is 3. The summed E-state index contributed by atoms with van der Waals surface area (Å²) < 4.78 is 0. The smallest absolute Gasteiger partial charge is 0.246 e. The van der Waals surface area contributed by atoms with Gasteiger partial charge in [0.2, 0.25) is 17.7 Å². The van der Waals surface area contributed by atoms with Crippen LogP contribution in [0.15, 0.2) is 0 Å². The molecule has 88 valence electrons. The number of piperazine rings is 1. The molecule has 2 saturated heterocycles. The van der Waals surface area contributed by atoms with Crippen LogP contribution in [0, 0.1) is 11.8 Å². The van der Waals surface area contributed by atoms with Gasteiger partial charge in [-0.3, -0.25) is 19.7 Å². The Hall–Kier alpha value is -1.43. The zero-order valence-corrected chi connectivity index (χ0v) is 9.16. The molecular formula is C10H15N3O3. The standard InChI is InChI=1S/C10H15N3O3/c1-6-2-11-3-7(6)10(16)13-4-8(14)12-9(15)5-13/h6-7,11H,2-5H2,1H3,(H,12,14,15). The third-order valence-corrected chi connectivity index (χ3v) is 3.09. The average molecular weight is 225 g/mol. The second-order valence-corrected chi connectivity index (χ2v) is 4.41. The lowest BCUT2D eigenvalue weighted by Crippen LogP contribution is -2.55. The SMILES string of the molecule is CC1CNCC1C(=O)N1CC(=O)NC(=O)C1. The first kappa shape index (κ1) is 11.1. The Morgan fingerprint density at radius 3 is 2.38 bits per heavy atom. The molecule has 2 atom stereocenters. The van der Waals surface area contributed by atoms with Crippen molar-refractivity contribution in [2.24, 2.45) is 11.8 Å². The highest BCUT2D eigenvalue weighted by Crippen LogP contribution is 2.18. The van der Waals surface area contributed by atoms with E-state index in [1.807, 2.05) is 6.92 Å². The van der Waals surface area contributed by atoms with E-state index >= 15 is 0 Å². The Balaban J connectivity index is 2.03. The molecule has 2 rings (SSSR count). The first-order chi connectivity index (χ1) is 7.58. The fourth-order valence-electron chi connectivity index (χ4n) is 2.17. The molecular weight excluding hydrogens is 210 g/mol. The minimum atomic E-state index is -0.400. The van der Waals surface area contributed by atoms with E-state index in [0.717, 1.165) is 6.54 Å². The molecule has 6 heteroatoms. The highest BCUT2D eigenvalue weighted by Gasteiger charge is 2.35. The van der Waals surface area contributed by atoms with E-state index in [0.29, 0.717) is 6.54 Å². The number of hydrogen-bond acceptors (Lipinski definition) is 4. The molecule has 0 aromatic heterocycles. The zero-order chi connectivity index (χ0) is 11.7. The van der Waals surface area contributed by atoms with E-state index in [9.17, 15) is 14.4 Å². The normalized spacial score (nSPS) is 30.4. The van der Waals surface area contributed by atoms with Crippen LogP contribution in [0.1, 0.15) is 6.92 Å². The molecule has 2 fully saturated rings. The van der Waals surface area contributed by atoms with Gasteiger partial charge in [-0.2, -0.15) is 0 Å². The van der Waals surface area contributed by atoms with Gasteiger partial charge in [0.25, 0.3) is 0 Å². The molecule has 2 unspecified atom stereocenters. The molecule has 2 aliphatic heterocycles. The van der Waals surface area contributed by atoms with E-state index in [-0.39, 0.29) is 30.8 Å². The molecule has 0 radical (unpaired) electrons. The maximum absolute atomic E-state index is 12.1. The van der Waals surface area contributed by atoms with Crippen LogP contribution in [-0.2, 0) is 14.4 Å². The summed E-state index contributed by atoms with van der Waals surface area (Å²) in [6, 6.07) is 0. The lowest BCUT2D eigenvalue weighted by atomic mass is 9.96. The third kappa shape index (κ3) is 2.06. The van der Waals surface area contributed by atoms with Crippen LogP contribution in [-0.4, -0.2) is 48.8 Å². The van der Waals surface area contributed by atoms with Crippen LogP contribution in [0.2, 0.25) is 0 Å². The van der Waals surface area contributed by atoms with Crippen molar-refractivity contribution in [3.63, 3.8) is 0 Å². The lowest BCUT2D eigenvalue weighted by Gasteiger charge is -2.28. The maximum Gasteiger partial charge on any atom is 0.246 e. The van der Waals surface area contributed by atoms with Gasteiger partial charge in [-0.05, 0) is 12.5 Å². The third-order valence-electron chi connectivity index (χ3n) is 3.09. The average Bonchev–Trinajstić information content (AvgIpc) is 2.62. The van der Waals surface area contributed by atoms with Crippen molar-refractivity contribution in [1.82, 2.24) is 15.5 Å². The molecule has 2 N–H and O–H groups in total. The molecule has 0 aliphatic carbocycles. The van der Waals surface area contributed by atoms with Crippen LogP contribution in [0.3, 0.4) is 0 Å². The second kappa shape index (κ2) is 4.21. The van der Waals surface area contributed by atoms with Gasteiger partial charge in [-0.15, -0.1) is 0 Å². The molecule has 2 aliphatic rings. The van der Waals surface area contributed by atoms with Gasteiger partial charge in [0.1, 0.15) is 13.1 Å². The number of hydrogen-bond donors (Lipinski definition) is 2. The predicted octanol–water partition coefficient (Wildman–Crippen LogP) is -1.67. The molecule has 0 bridgehead atoms. The van der Waals surface area contributed by atoms with Crippen molar-refractivity contribution in [1.29, 1.82) is 0 Å². The quantitative estimate of drug-likeness (QED) is 0.523. The summed E-state index contributed by atoms with van der Waals surface area (Å²) in [7, 11) is 0. The molecule has 3 amide bonds. The van der Waals surface area contributed by atoms with Gasteiger partial charge in [0.15, 0.2) is 0 Å². The number of rotatable bonds is 1. The Morgan fingerprint density at radius 2 is 1.88 bits per heavy atom.